The van der Waals surface area contributed by atoms with Gasteiger partial charge in [0, 0.05) is 37.6 Å². The van der Waals surface area contributed by atoms with Crippen LogP contribution in [0.15, 0.2) is 18.2 Å². The number of hydrogen-bond donors (Lipinski definition) is 1. The predicted molar refractivity (Wildman–Crippen MR) is 138 cm³/mol. The number of Topliss-reactive ketones (excluding diaryl/α,β-unsaturated/α-hetero) is 1. The lowest BCUT2D eigenvalue weighted by atomic mass is 10.1. The van der Waals surface area contributed by atoms with Crippen molar-refractivity contribution in [1.82, 2.24) is 9.47 Å². The molecule has 0 saturated heterocycles. The quantitative estimate of drug-likeness (QED) is 0.216. The molecule has 1 aromatic heterocycles. The topological polar surface area (TPSA) is 89.9 Å². The monoisotopic (exact) mass is 525 g/mol. The number of benzene rings is 1. The normalized spacial score (nSPS) is 10.8. The first-order valence-electron chi connectivity index (χ1n) is 11.6. The molecule has 0 spiro atoms. The number of nitrogens with zero attached hydrogens (tertiary/aromatic N) is 2. The van der Waals surface area contributed by atoms with Crippen molar-refractivity contribution in [2.24, 2.45) is 0 Å². The van der Waals surface area contributed by atoms with Gasteiger partial charge in [-0.1, -0.05) is 29.3 Å². The van der Waals surface area contributed by atoms with Crippen LogP contribution in [0.5, 0.6) is 0 Å². The summed E-state index contributed by atoms with van der Waals surface area (Å²) in [5.41, 5.74) is 2.23. The summed E-state index contributed by atoms with van der Waals surface area (Å²) in [6.45, 7) is 10.8. The molecule has 0 radical (unpaired) electrons. The van der Waals surface area contributed by atoms with Gasteiger partial charge in [-0.05, 0) is 58.7 Å². The molecule has 1 N–H and O–H groups in total. The van der Waals surface area contributed by atoms with Crippen molar-refractivity contribution in [2.45, 2.75) is 47.6 Å². The van der Waals surface area contributed by atoms with Crippen LogP contribution in [0.2, 0.25) is 10.0 Å². The average molecular weight is 526 g/mol. The Balaban J connectivity index is 2.34. The lowest BCUT2D eigenvalue weighted by Crippen LogP contribution is -2.40. The summed E-state index contributed by atoms with van der Waals surface area (Å²) in [6, 6.07) is 4.39. The van der Waals surface area contributed by atoms with E-state index < -0.39 is 12.0 Å². The molecular formula is C25H33Cl2N3O5. The van der Waals surface area contributed by atoms with Crippen molar-refractivity contribution in [2.75, 3.05) is 38.2 Å². The van der Waals surface area contributed by atoms with Crippen LogP contribution in [-0.4, -0.2) is 60.2 Å². The molecule has 0 aliphatic rings. The summed E-state index contributed by atoms with van der Waals surface area (Å²) in [5.74, 6) is -0.761. The number of aromatic nitrogens is 1. The highest BCUT2D eigenvalue weighted by molar-refractivity contribution is 6.39. The molecular weight excluding hydrogens is 493 g/mol. The van der Waals surface area contributed by atoms with Gasteiger partial charge in [-0.25, -0.2) is 9.59 Å². The summed E-state index contributed by atoms with van der Waals surface area (Å²) in [4.78, 5) is 40.6. The Labute approximate surface area is 216 Å². The van der Waals surface area contributed by atoms with E-state index in [4.69, 9.17) is 32.7 Å². The third-order valence-corrected chi connectivity index (χ3v) is 6.20. The number of nitrogens with one attached hydrogen (secondary N) is 1. The first kappa shape index (κ1) is 28.7. The number of amides is 2. The van der Waals surface area contributed by atoms with Gasteiger partial charge in [0.2, 0.25) is 0 Å². The van der Waals surface area contributed by atoms with Crippen LogP contribution < -0.4 is 5.32 Å². The maximum absolute atomic E-state index is 13.5. The van der Waals surface area contributed by atoms with Gasteiger partial charge in [-0.2, -0.15) is 0 Å². The highest BCUT2D eigenvalue weighted by atomic mass is 35.5. The molecule has 0 unspecified atom stereocenters. The zero-order chi connectivity index (χ0) is 26.1. The molecule has 0 fully saturated rings. The summed E-state index contributed by atoms with van der Waals surface area (Å²) >= 11 is 12.4. The van der Waals surface area contributed by atoms with E-state index in [9.17, 15) is 14.4 Å². The number of rotatable bonds is 12. The largest absolute Gasteiger partial charge is 0.461 e. The third kappa shape index (κ3) is 6.99. The van der Waals surface area contributed by atoms with Crippen LogP contribution >= 0.6 is 23.2 Å². The summed E-state index contributed by atoms with van der Waals surface area (Å²) in [7, 11) is 0. The van der Waals surface area contributed by atoms with E-state index in [0.717, 1.165) is 0 Å². The van der Waals surface area contributed by atoms with Gasteiger partial charge in [-0.15, -0.1) is 0 Å². The van der Waals surface area contributed by atoms with Crippen molar-refractivity contribution in [3.05, 3.63) is 50.8 Å². The van der Waals surface area contributed by atoms with Crippen molar-refractivity contribution < 1.29 is 23.9 Å². The molecule has 2 rings (SSSR count). The van der Waals surface area contributed by atoms with E-state index in [2.05, 4.69) is 5.32 Å². The number of halogens is 2. The Kier molecular flexibility index (Phi) is 11.1. The molecule has 0 saturated carbocycles. The van der Waals surface area contributed by atoms with E-state index in [1.165, 1.54) is 4.90 Å². The molecule has 1 aromatic carbocycles. The Morgan fingerprint density at radius 2 is 1.71 bits per heavy atom. The Morgan fingerprint density at radius 1 is 1.06 bits per heavy atom. The predicted octanol–water partition coefficient (Wildman–Crippen LogP) is 5.75. The molecule has 0 bridgehead atoms. The van der Waals surface area contributed by atoms with Crippen LogP contribution in [0.3, 0.4) is 0 Å². The second-order valence-electron chi connectivity index (χ2n) is 7.82. The molecule has 35 heavy (non-hydrogen) atoms. The number of hydrogen-bond acceptors (Lipinski definition) is 5. The highest BCUT2D eigenvalue weighted by Gasteiger charge is 2.28. The summed E-state index contributed by atoms with van der Waals surface area (Å²) in [6.07, 6.45) is 0.535. The van der Waals surface area contributed by atoms with Crippen LogP contribution in [-0.2, 0) is 16.0 Å². The van der Waals surface area contributed by atoms with Crippen LogP contribution in [0.25, 0.3) is 0 Å². The minimum absolute atomic E-state index is 0.197. The molecule has 2 amide bonds. The first-order valence-corrected chi connectivity index (χ1v) is 12.4. The average Bonchev–Trinajstić information content (AvgIpc) is 3.07. The minimum Gasteiger partial charge on any atom is -0.461 e. The summed E-state index contributed by atoms with van der Waals surface area (Å²) in [5, 5.41) is 3.30. The number of esters is 1. The van der Waals surface area contributed by atoms with Crippen molar-refractivity contribution in [3.63, 3.8) is 0 Å². The molecule has 8 nitrogen and oxygen atoms in total. The summed E-state index contributed by atoms with van der Waals surface area (Å²) < 4.78 is 12.4. The van der Waals surface area contributed by atoms with Crippen LogP contribution in [0.4, 0.5) is 10.5 Å². The molecule has 10 heteroatoms. The fourth-order valence-corrected chi connectivity index (χ4v) is 4.47. The number of para-hydroxylation sites is 1. The fraction of sp³-hybridized carbons (Fsp3) is 0.480. The molecule has 2 aromatic rings. The van der Waals surface area contributed by atoms with Gasteiger partial charge >= 0.3 is 12.0 Å². The second kappa shape index (κ2) is 13.5. The maximum Gasteiger partial charge on any atom is 0.355 e. The number of urea groups is 1. The third-order valence-electron chi connectivity index (χ3n) is 5.57. The van der Waals surface area contributed by atoms with Crippen molar-refractivity contribution in [1.29, 1.82) is 0 Å². The standard InChI is InChI=1S/C25H33Cl2N3O5/c1-6-30-17(5)21(16(4)23(30)24(32)35-8-3)20(31)15-29(13-10-14-34-7-2)25(33)28-22-18(26)11-9-12-19(22)27/h9,11-12H,6-8,10,13-15H2,1-5H3,(H,28,33). The molecule has 0 aliphatic carbocycles. The number of ether oxygens (including phenoxy) is 2. The number of ketones is 1. The van der Waals surface area contributed by atoms with E-state index in [1.54, 1.807) is 43.5 Å². The van der Waals surface area contributed by atoms with E-state index >= 15 is 0 Å². The highest BCUT2D eigenvalue weighted by Crippen LogP contribution is 2.30. The Hall–Kier alpha value is -2.55. The smallest absolute Gasteiger partial charge is 0.355 e. The van der Waals surface area contributed by atoms with E-state index in [0.29, 0.717) is 48.7 Å². The molecule has 0 aliphatic heterocycles. The number of carbonyl (C=O) groups is 3. The van der Waals surface area contributed by atoms with Gasteiger partial charge in [0.15, 0.2) is 5.78 Å². The molecule has 1 heterocycles. The van der Waals surface area contributed by atoms with E-state index in [-0.39, 0.29) is 41.2 Å². The van der Waals surface area contributed by atoms with Crippen molar-refractivity contribution in [3.8, 4) is 0 Å². The lowest BCUT2D eigenvalue weighted by molar-refractivity contribution is 0.0512. The minimum atomic E-state index is -0.513. The first-order chi connectivity index (χ1) is 16.7. The van der Waals surface area contributed by atoms with E-state index in [1.807, 2.05) is 13.8 Å². The van der Waals surface area contributed by atoms with Crippen LogP contribution in [0, 0.1) is 13.8 Å². The van der Waals surface area contributed by atoms with Gasteiger partial charge in [0.25, 0.3) is 0 Å². The fourth-order valence-electron chi connectivity index (χ4n) is 3.97. The van der Waals surface area contributed by atoms with Crippen molar-refractivity contribution >= 4 is 46.7 Å². The molecule has 0 atom stereocenters. The van der Waals surface area contributed by atoms with Gasteiger partial charge in [-0.3, -0.25) is 4.79 Å². The Bertz CT molecular complexity index is 1050. The lowest BCUT2D eigenvalue weighted by Gasteiger charge is -2.23. The maximum atomic E-state index is 13.5. The number of anilines is 1. The van der Waals surface area contributed by atoms with Gasteiger partial charge < -0.3 is 24.3 Å². The van der Waals surface area contributed by atoms with Crippen LogP contribution in [0.1, 0.15) is 59.3 Å². The zero-order valence-corrected chi connectivity index (χ0v) is 22.4. The zero-order valence-electron chi connectivity index (χ0n) is 20.9. The Morgan fingerprint density at radius 3 is 2.29 bits per heavy atom. The van der Waals surface area contributed by atoms with Gasteiger partial charge in [0.05, 0.1) is 28.9 Å². The van der Waals surface area contributed by atoms with Gasteiger partial charge in [0.1, 0.15) is 5.69 Å². The second-order valence-corrected chi connectivity index (χ2v) is 8.64. The SMILES string of the molecule is CCOCCCN(CC(=O)c1c(C)c(C(=O)OCC)n(CC)c1C)C(=O)Nc1c(Cl)cccc1Cl. The molecule has 192 valence electrons. The number of carbonyl (C=O) groups excluding carboxylic acids is 3.